The summed E-state index contributed by atoms with van der Waals surface area (Å²) in [5.41, 5.74) is 3.33. The highest BCUT2D eigenvalue weighted by Gasteiger charge is 2.25. The van der Waals surface area contributed by atoms with E-state index < -0.39 is 5.82 Å². The molecule has 0 amide bonds. The maximum absolute atomic E-state index is 15.3. The van der Waals surface area contributed by atoms with E-state index in [1.165, 1.54) is 12.3 Å². The van der Waals surface area contributed by atoms with E-state index in [4.69, 9.17) is 5.26 Å². The van der Waals surface area contributed by atoms with Gasteiger partial charge in [0.05, 0.1) is 47.6 Å². The lowest BCUT2D eigenvalue weighted by atomic mass is 10.0. The van der Waals surface area contributed by atoms with Crippen molar-refractivity contribution in [2.24, 2.45) is 0 Å². The molecule has 0 spiro atoms. The molecule has 1 aliphatic rings. The van der Waals surface area contributed by atoms with E-state index in [0.29, 0.717) is 46.2 Å². The van der Waals surface area contributed by atoms with Crippen LogP contribution in [0.4, 0.5) is 4.39 Å². The molecule has 0 unspecified atom stereocenters. The van der Waals surface area contributed by atoms with Crippen LogP contribution in [-0.4, -0.2) is 44.1 Å². The Balaban J connectivity index is 1.59. The number of fused-ring (bicyclic) bond motifs is 4. The molecule has 3 aromatic heterocycles. The lowest BCUT2D eigenvalue weighted by molar-refractivity contribution is 0.196. The van der Waals surface area contributed by atoms with Crippen molar-refractivity contribution < 1.29 is 4.39 Å². The van der Waals surface area contributed by atoms with Crippen molar-refractivity contribution in [3.63, 3.8) is 0 Å². The number of aromatic nitrogens is 4. The Morgan fingerprint density at radius 1 is 1.03 bits per heavy atom. The van der Waals surface area contributed by atoms with Crippen LogP contribution in [0.2, 0.25) is 0 Å². The average Bonchev–Trinajstić information content (AvgIpc) is 2.88. The van der Waals surface area contributed by atoms with Gasteiger partial charge in [-0.05, 0) is 37.6 Å². The number of benzene rings is 2. The first-order valence-electron chi connectivity index (χ1n) is 11.6. The molecular weight excluding hydrogens is 443 g/mol. The van der Waals surface area contributed by atoms with Gasteiger partial charge in [-0.3, -0.25) is 19.7 Å². The topological polar surface area (TPSA) is 87.7 Å². The molecule has 1 aliphatic heterocycles. The Hall–Kier alpha value is -4.22. The Bertz CT molecular complexity index is 1710. The van der Waals surface area contributed by atoms with Crippen LogP contribution >= 0.6 is 0 Å². The van der Waals surface area contributed by atoms with Gasteiger partial charge in [-0.15, -0.1) is 0 Å². The van der Waals surface area contributed by atoms with Crippen molar-refractivity contribution in [1.29, 1.82) is 5.26 Å². The summed E-state index contributed by atoms with van der Waals surface area (Å²) in [5.74, 6) is -0.405. The van der Waals surface area contributed by atoms with Crippen molar-refractivity contribution in [2.75, 3.05) is 19.6 Å². The minimum atomic E-state index is -0.405. The molecule has 1 saturated heterocycles. The van der Waals surface area contributed by atoms with Gasteiger partial charge in [0.1, 0.15) is 11.3 Å². The highest BCUT2D eigenvalue weighted by atomic mass is 19.1. The van der Waals surface area contributed by atoms with Gasteiger partial charge >= 0.3 is 0 Å². The monoisotopic (exact) mass is 464 g/mol. The number of nitrogens with zero attached hydrogens (tertiary/aromatic N) is 6. The zero-order chi connectivity index (χ0) is 23.9. The van der Waals surface area contributed by atoms with E-state index in [1.54, 1.807) is 23.0 Å². The minimum absolute atomic E-state index is 0.114. The van der Waals surface area contributed by atoms with Gasteiger partial charge in [0, 0.05) is 40.7 Å². The number of piperidine rings is 1. The number of likely N-dealkylation sites (tertiary alicyclic amines) is 1. The molecule has 1 atom stereocenters. The summed E-state index contributed by atoms with van der Waals surface area (Å²) in [4.78, 5) is 28.4. The van der Waals surface area contributed by atoms with E-state index in [1.807, 2.05) is 30.3 Å². The van der Waals surface area contributed by atoms with Crippen molar-refractivity contribution in [3.8, 4) is 17.2 Å². The number of hydrogen-bond acceptors (Lipinski definition) is 6. The van der Waals surface area contributed by atoms with E-state index in [-0.39, 0.29) is 11.6 Å². The van der Waals surface area contributed by atoms with Crippen LogP contribution in [0.3, 0.4) is 0 Å². The lowest BCUT2D eigenvalue weighted by Gasteiger charge is -2.32. The summed E-state index contributed by atoms with van der Waals surface area (Å²) in [6.45, 7) is 1.74. The van der Waals surface area contributed by atoms with Crippen LogP contribution in [0, 0.1) is 17.1 Å². The summed E-state index contributed by atoms with van der Waals surface area (Å²) in [5, 5.41) is 10.7. The summed E-state index contributed by atoms with van der Waals surface area (Å²) >= 11 is 0. The third kappa shape index (κ3) is 3.70. The largest absolute Gasteiger partial charge is 0.300 e. The van der Waals surface area contributed by atoms with E-state index in [0.717, 1.165) is 30.3 Å². The molecule has 7 nitrogen and oxygen atoms in total. The second-order valence-electron chi connectivity index (χ2n) is 8.91. The summed E-state index contributed by atoms with van der Waals surface area (Å²) < 4.78 is 17.0. The number of hydrogen-bond donors (Lipinski definition) is 0. The molecule has 172 valence electrons. The van der Waals surface area contributed by atoms with Crippen molar-refractivity contribution in [3.05, 3.63) is 77.2 Å². The summed E-state index contributed by atoms with van der Waals surface area (Å²) in [7, 11) is 0. The van der Waals surface area contributed by atoms with E-state index >= 15 is 4.39 Å². The highest BCUT2D eigenvalue weighted by molar-refractivity contribution is 6.03. The van der Waals surface area contributed by atoms with Gasteiger partial charge in [-0.1, -0.05) is 18.2 Å². The first-order chi connectivity index (χ1) is 17.1. The second kappa shape index (κ2) is 8.53. The fraction of sp³-hybridized carbons (Fsp3) is 0.222. The first kappa shape index (κ1) is 21.3. The third-order valence-electron chi connectivity index (χ3n) is 6.74. The average molecular weight is 465 g/mol. The fourth-order valence-electron chi connectivity index (χ4n) is 5.12. The maximum Gasteiger partial charge on any atom is 0.269 e. The van der Waals surface area contributed by atoms with Crippen LogP contribution in [-0.2, 0) is 0 Å². The van der Waals surface area contributed by atoms with Gasteiger partial charge in [-0.25, -0.2) is 9.37 Å². The van der Waals surface area contributed by atoms with E-state index in [2.05, 4.69) is 25.9 Å². The predicted molar refractivity (Wildman–Crippen MR) is 132 cm³/mol. The second-order valence-corrected chi connectivity index (χ2v) is 8.91. The summed E-state index contributed by atoms with van der Waals surface area (Å²) in [6, 6.07) is 14.9. The van der Waals surface area contributed by atoms with E-state index in [9.17, 15) is 4.79 Å². The molecule has 1 fully saturated rings. The molecule has 8 heteroatoms. The third-order valence-corrected chi connectivity index (χ3v) is 6.74. The van der Waals surface area contributed by atoms with Gasteiger partial charge in [0.2, 0.25) is 0 Å². The van der Waals surface area contributed by atoms with Crippen molar-refractivity contribution >= 4 is 32.8 Å². The number of halogens is 1. The molecule has 0 bridgehead atoms. The van der Waals surface area contributed by atoms with Crippen LogP contribution in [0.15, 0.2) is 65.8 Å². The van der Waals surface area contributed by atoms with Crippen molar-refractivity contribution in [2.45, 2.75) is 18.9 Å². The number of pyridine rings is 2. The highest BCUT2D eigenvalue weighted by Crippen LogP contribution is 2.33. The lowest BCUT2D eigenvalue weighted by Crippen LogP contribution is -2.40. The Labute approximate surface area is 200 Å². The zero-order valence-electron chi connectivity index (χ0n) is 18.9. The van der Waals surface area contributed by atoms with Crippen LogP contribution in [0.25, 0.3) is 44.0 Å². The zero-order valence-corrected chi connectivity index (χ0v) is 18.9. The quantitative estimate of drug-likeness (QED) is 0.289. The van der Waals surface area contributed by atoms with Gasteiger partial charge in [-0.2, -0.15) is 5.26 Å². The normalized spacial score (nSPS) is 16.6. The molecule has 0 saturated carbocycles. The van der Waals surface area contributed by atoms with Gasteiger partial charge < -0.3 is 4.57 Å². The molecule has 2 aromatic carbocycles. The Morgan fingerprint density at radius 2 is 1.86 bits per heavy atom. The molecular formula is C27H21FN6O. The minimum Gasteiger partial charge on any atom is -0.300 e. The maximum atomic E-state index is 15.3. The Kier molecular flexibility index (Phi) is 5.20. The van der Waals surface area contributed by atoms with Crippen LogP contribution in [0.1, 0.15) is 18.9 Å². The Morgan fingerprint density at radius 3 is 2.74 bits per heavy atom. The van der Waals surface area contributed by atoms with Gasteiger partial charge in [0.25, 0.3) is 5.56 Å². The number of rotatable bonds is 3. The van der Waals surface area contributed by atoms with Gasteiger partial charge in [0.15, 0.2) is 0 Å². The fourth-order valence-corrected chi connectivity index (χ4v) is 5.12. The standard InChI is InChI=1S/C27H21FN6O/c28-22-12-24-21(11-20(22)18-10-17-4-1-2-6-23(17)30-13-18)27-25(14-31-24)32-15-26(35)34(27)19-5-3-8-33(16-19)9-7-29/h1-2,4,6,10-15,19H,3,5,8-9,16H2/t19-/m0/s1. The molecule has 0 radical (unpaired) electrons. The predicted octanol–water partition coefficient (Wildman–Crippen LogP) is 4.46. The molecule has 6 rings (SSSR count). The van der Waals surface area contributed by atoms with Crippen LogP contribution in [0.5, 0.6) is 0 Å². The number of para-hydroxylation sites is 1. The smallest absolute Gasteiger partial charge is 0.269 e. The van der Waals surface area contributed by atoms with Crippen LogP contribution < -0.4 is 5.56 Å². The SMILES string of the molecule is N#CCN1CCC[C@H](n2c(=O)cnc3cnc4cc(F)c(-c5cnc6ccccc6c5)cc4c32)C1. The first-order valence-corrected chi connectivity index (χ1v) is 11.6. The molecule has 5 aromatic rings. The number of nitriles is 1. The molecule has 4 heterocycles. The molecule has 0 N–H and O–H groups in total. The molecule has 35 heavy (non-hydrogen) atoms. The van der Waals surface area contributed by atoms with Crippen molar-refractivity contribution in [1.82, 2.24) is 24.4 Å². The molecule has 0 aliphatic carbocycles. The summed E-state index contributed by atoms with van der Waals surface area (Å²) in [6.07, 6.45) is 6.26.